The number of benzene rings is 2. The van der Waals surface area contributed by atoms with Crippen LogP contribution in [0.15, 0.2) is 47.5 Å². The van der Waals surface area contributed by atoms with Crippen molar-refractivity contribution in [1.29, 1.82) is 0 Å². The van der Waals surface area contributed by atoms with E-state index in [1.807, 2.05) is 24.0 Å². The highest BCUT2D eigenvalue weighted by atomic mass is 35.5. The average Bonchev–Trinajstić information content (AvgIpc) is 3.55. The van der Waals surface area contributed by atoms with Crippen LogP contribution in [-0.4, -0.2) is 48.7 Å². The number of H-pyrrole nitrogens is 1. The summed E-state index contributed by atoms with van der Waals surface area (Å²) in [6.45, 7) is 8.95. The Morgan fingerprint density at radius 3 is 2.49 bits per heavy atom. The molecule has 2 N–H and O–H groups in total. The van der Waals surface area contributed by atoms with Crippen LogP contribution in [0.25, 0.3) is 0 Å². The predicted molar refractivity (Wildman–Crippen MR) is 154 cm³/mol. The summed E-state index contributed by atoms with van der Waals surface area (Å²) in [5, 5.41) is 16.5. The minimum absolute atomic E-state index is 0.152. The molecule has 11 heteroatoms. The zero-order chi connectivity index (χ0) is 29.4. The summed E-state index contributed by atoms with van der Waals surface area (Å²) in [6.07, 6.45) is 3.96. The van der Waals surface area contributed by atoms with E-state index in [1.165, 1.54) is 12.1 Å². The van der Waals surface area contributed by atoms with Gasteiger partial charge in [-0.2, -0.15) is 5.21 Å². The number of aromatic nitrogens is 4. The highest BCUT2D eigenvalue weighted by molar-refractivity contribution is 6.47. The summed E-state index contributed by atoms with van der Waals surface area (Å²) >= 11 is 6.17. The van der Waals surface area contributed by atoms with E-state index < -0.39 is 11.5 Å². The Morgan fingerprint density at radius 1 is 1.20 bits per heavy atom. The molecule has 2 aliphatic rings. The number of carbonyl (C=O) groups excluding carboxylic acids is 2. The third kappa shape index (κ3) is 5.88. The molecule has 2 amide bonds. The van der Waals surface area contributed by atoms with Crippen LogP contribution in [0.5, 0.6) is 0 Å². The van der Waals surface area contributed by atoms with Crippen molar-refractivity contribution in [3.8, 4) is 0 Å². The first-order chi connectivity index (χ1) is 19.5. The van der Waals surface area contributed by atoms with Crippen molar-refractivity contribution in [1.82, 2.24) is 30.8 Å². The topological polar surface area (TPSA) is 116 Å². The van der Waals surface area contributed by atoms with Crippen LogP contribution in [0.4, 0.5) is 4.39 Å². The second-order valence-electron chi connectivity index (χ2n) is 12.0. The number of tetrazole rings is 1. The molecule has 5 rings (SSSR count). The van der Waals surface area contributed by atoms with E-state index in [0.29, 0.717) is 29.3 Å². The molecule has 1 aromatic heterocycles. The monoisotopic (exact) mass is 579 g/mol. The van der Waals surface area contributed by atoms with E-state index >= 15 is 0 Å². The first-order valence-corrected chi connectivity index (χ1v) is 14.4. The highest BCUT2D eigenvalue weighted by Gasteiger charge is 2.52. The molecule has 216 valence electrons. The number of halogens is 2. The van der Waals surface area contributed by atoms with Gasteiger partial charge >= 0.3 is 0 Å². The van der Waals surface area contributed by atoms with Gasteiger partial charge in [-0.1, -0.05) is 56.6 Å². The molecule has 0 bridgehead atoms. The summed E-state index contributed by atoms with van der Waals surface area (Å²) in [5.41, 5.74) is 1.45. The lowest BCUT2D eigenvalue weighted by Gasteiger charge is -2.47. The van der Waals surface area contributed by atoms with Crippen LogP contribution in [-0.2, 0) is 11.3 Å². The van der Waals surface area contributed by atoms with Gasteiger partial charge in [0, 0.05) is 16.1 Å². The molecular weight excluding hydrogens is 545 g/mol. The van der Waals surface area contributed by atoms with Gasteiger partial charge in [0.05, 0.1) is 12.6 Å². The maximum atomic E-state index is 14.3. The molecule has 2 aromatic carbocycles. The number of aliphatic imine (C=N–C) groups is 1. The van der Waals surface area contributed by atoms with E-state index in [2.05, 4.69) is 46.7 Å². The van der Waals surface area contributed by atoms with Gasteiger partial charge in [0.25, 0.3) is 11.8 Å². The number of rotatable bonds is 7. The van der Waals surface area contributed by atoms with Crippen molar-refractivity contribution in [2.45, 2.75) is 78.0 Å². The van der Waals surface area contributed by atoms with Crippen LogP contribution >= 0.6 is 11.6 Å². The molecule has 9 nitrogen and oxygen atoms in total. The number of carbonyl (C=O) groups is 2. The first kappa shape index (κ1) is 28.9. The lowest BCUT2D eigenvalue weighted by atomic mass is 9.69. The normalized spacial score (nSPS) is 21.7. The third-order valence-electron chi connectivity index (χ3n) is 8.39. The number of nitrogens with zero attached hydrogens (tertiary/aromatic N) is 5. The zero-order valence-corrected chi connectivity index (χ0v) is 24.5. The fourth-order valence-electron chi connectivity index (χ4n) is 6.16. The van der Waals surface area contributed by atoms with Gasteiger partial charge in [0.15, 0.2) is 5.82 Å². The Labute approximate surface area is 244 Å². The Balaban J connectivity index is 1.45. The molecule has 1 aliphatic carbocycles. The minimum atomic E-state index is -0.728. The van der Waals surface area contributed by atoms with Crippen molar-refractivity contribution in [2.75, 3.05) is 0 Å². The molecule has 0 unspecified atom stereocenters. The van der Waals surface area contributed by atoms with Gasteiger partial charge in [-0.05, 0) is 79.3 Å². The Kier molecular flexibility index (Phi) is 7.96. The smallest absolute Gasteiger partial charge is 0.275 e. The summed E-state index contributed by atoms with van der Waals surface area (Å²) in [7, 11) is 0. The third-order valence-corrected chi connectivity index (χ3v) is 8.61. The molecule has 0 saturated heterocycles. The fraction of sp³-hybridized carbons (Fsp3) is 0.467. The maximum Gasteiger partial charge on any atom is 0.275 e. The molecule has 1 aliphatic heterocycles. The second kappa shape index (κ2) is 11.3. The van der Waals surface area contributed by atoms with Gasteiger partial charge in [0.2, 0.25) is 0 Å². The summed E-state index contributed by atoms with van der Waals surface area (Å²) in [6, 6.07) is 11.1. The van der Waals surface area contributed by atoms with Gasteiger partial charge < -0.3 is 10.2 Å². The lowest BCUT2D eigenvalue weighted by Crippen LogP contribution is -2.51. The number of aromatic amines is 1. The Hall–Kier alpha value is -3.66. The van der Waals surface area contributed by atoms with E-state index in [9.17, 15) is 14.0 Å². The average molecular weight is 580 g/mol. The molecular formula is C30H35ClFN7O2. The van der Waals surface area contributed by atoms with Gasteiger partial charge in [0.1, 0.15) is 17.2 Å². The van der Waals surface area contributed by atoms with Crippen LogP contribution in [0.3, 0.4) is 0 Å². The molecule has 2 heterocycles. The van der Waals surface area contributed by atoms with Crippen molar-refractivity contribution in [3.63, 3.8) is 0 Å². The molecule has 41 heavy (non-hydrogen) atoms. The van der Waals surface area contributed by atoms with Crippen LogP contribution in [0.2, 0.25) is 5.02 Å². The fourth-order valence-corrected chi connectivity index (χ4v) is 6.39. The highest BCUT2D eigenvalue weighted by Crippen LogP contribution is 2.49. The van der Waals surface area contributed by atoms with Crippen LogP contribution in [0, 0.1) is 17.2 Å². The minimum Gasteiger partial charge on any atom is -0.345 e. The first-order valence-electron chi connectivity index (χ1n) is 14.0. The van der Waals surface area contributed by atoms with E-state index in [0.717, 1.165) is 31.2 Å². The van der Waals surface area contributed by atoms with E-state index in [1.54, 1.807) is 18.2 Å². The molecule has 0 radical (unpaired) electrons. The SMILES string of the molecule is CC[C@H](c1ccc(C(=O)NCc2nn[nH]n2)cc1)N1C(=O)C(c2cc(F)cc(Cl)c2)=NC12CCC(C(C)(C)C)CC2. The van der Waals surface area contributed by atoms with E-state index in [-0.39, 0.29) is 40.6 Å². The van der Waals surface area contributed by atoms with Crippen molar-refractivity contribution in [3.05, 3.63) is 75.8 Å². The number of nitrogens with one attached hydrogen (secondary N) is 2. The van der Waals surface area contributed by atoms with Crippen LogP contribution < -0.4 is 5.32 Å². The summed E-state index contributed by atoms with van der Waals surface area (Å²) in [5.74, 6) is -0.104. The van der Waals surface area contributed by atoms with Gasteiger partial charge in [-0.3, -0.25) is 14.6 Å². The molecule has 1 atom stereocenters. The summed E-state index contributed by atoms with van der Waals surface area (Å²) in [4.78, 5) is 33.9. The molecule has 1 fully saturated rings. The second-order valence-corrected chi connectivity index (χ2v) is 12.4. The largest absolute Gasteiger partial charge is 0.345 e. The molecule has 1 saturated carbocycles. The number of hydrogen-bond donors (Lipinski definition) is 2. The van der Waals surface area contributed by atoms with Crippen molar-refractivity contribution in [2.24, 2.45) is 16.3 Å². The van der Waals surface area contributed by atoms with Crippen molar-refractivity contribution >= 4 is 29.1 Å². The quantitative estimate of drug-likeness (QED) is 0.376. The van der Waals surface area contributed by atoms with Gasteiger partial charge in [-0.15, -0.1) is 10.2 Å². The zero-order valence-electron chi connectivity index (χ0n) is 23.7. The van der Waals surface area contributed by atoms with E-state index in [4.69, 9.17) is 16.6 Å². The number of hydrogen-bond acceptors (Lipinski definition) is 6. The Bertz CT molecular complexity index is 1420. The van der Waals surface area contributed by atoms with Crippen LogP contribution in [0.1, 0.15) is 93.2 Å². The molecule has 1 spiro atoms. The van der Waals surface area contributed by atoms with Crippen molar-refractivity contribution < 1.29 is 14.0 Å². The number of amides is 2. The molecule has 3 aromatic rings. The summed E-state index contributed by atoms with van der Waals surface area (Å²) < 4.78 is 14.3. The maximum absolute atomic E-state index is 14.3. The Morgan fingerprint density at radius 2 is 1.90 bits per heavy atom. The standard InChI is InChI=1S/C30H35ClFN7O2/c1-5-24(18-6-8-19(9-7-18)27(40)33-17-25-35-37-38-36-25)39-28(41)26(20-14-22(31)16-23(32)15-20)34-30(39)12-10-21(11-13-30)29(2,3)4/h6-9,14-16,21,24H,5,10-13,17H2,1-4H3,(H,33,40)(H,35,36,37,38)/t21?,24-,30?/m1/s1. The predicted octanol–water partition coefficient (Wildman–Crippen LogP) is 5.64. The lowest BCUT2D eigenvalue weighted by molar-refractivity contribution is -0.133. The van der Waals surface area contributed by atoms with Gasteiger partial charge in [-0.25, -0.2) is 4.39 Å².